The van der Waals surface area contributed by atoms with Crippen molar-refractivity contribution in [2.24, 2.45) is 0 Å². The van der Waals surface area contributed by atoms with Crippen LogP contribution in [0.3, 0.4) is 0 Å². The van der Waals surface area contributed by atoms with Crippen molar-refractivity contribution in [2.45, 2.75) is 26.3 Å². The lowest BCUT2D eigenvalue weighted by molar-refractivity contribution is -0.129. The number of ether oxygens (including phenoxy) is 4. The molecule has 0 saturated carbocycles. The van der Waals surface area contributed by atoms with Gasteiger partial charge in [0, 0.05) is 19.2 Å². The van der Waals surface area contributed by atoms with Gasteiger partial charge in [0.15, 0.2) is 11.5 Å². The summed E-state index contributed by atoms with van der Waals surface area (Å²) in [6.07, 6.45) is 1.13. The van der Waals surface area contributed by atoms with Crippen molar-refractivity contribution in [3.8, 4) is 23.0 Å². The van der Waals surface area contributed by atoms with E-state index in [-0.39, 0.29) is 12.3 Å². The quantitative estimate of drug-likeness (QED) is 0.454. The fourth-order valence-electron chi connectivity index (χ4n) is 3.70. The number of benzene rings is 3. The molecule has 3 rings (SSSR count). The summed E-state index contributed by atoms with van der Waals surface area (Å²) >= 11 is 0. The van der Waals surface area contributed by atoms with Crippen LogP contribution >= 0.6 is 0 Å². The van der Waals surface area contributed by atoms with E-state index >= 15 is 0 Å². The number of carbonyl (C=O) groups is 1. The Bertz CT molecular complexity index is 1050. The molecule has 170 valence electrons. The Morgan fingerprint density at radius 2 is 1.59 bits per heavy atom. The van der Waals surface area contributed by atoms with Crippen molar-refractivity contribution < 1.29 is 23.7 Å². The average molecular weight is 438 g/mol. The number of hydrogen-bond donors (Lipinski definition) is 0. The first-order valence-electron chi connectivity index (χ1n) is 10.7. The molecule has 0 saturated heterocycles. The van der Waals surface area contributed by atoms with E-state index in [9.17, 15) is 4.79 Å². The average Bonchev–Trinajstić information content (AvgIpc) is 2.82. The minimum Gasteiger partial charge on any atom is -0.493 e. The lowest BCUT2D eigenvalue weighted by Crippen LogP contribution is -2.28. The summed E-state index contributed by atoms with van der Waals surface area (Å²) in [5, 5.41) is 2.21. The van der Waals surface area contributed by atoms with Crippen LogP contribution < -0.4 is 18.9 Å². The number of amides is 1. The molecule has 1 amide bonds. The van der Waals surface area contributed by atoms with Crippen molar-refractivity contribution in [3.63, 3.8) is 0 Å². The lowest BCUT2D eigenvalue weighted by atomic mass is 10.0. The molecule has 0 heterocycles. The van der Waals surface area contributed by atoms with E-state index in [1.165, 1.54) is 0 Å². The van der Waals surface area contributed by atoms with Crippen LogP contribution in [0.2, 0.25) is 0 Å². The van der Waals surface area contributed by atoms with Crippen molar-refractivity contribution >= 4 is 16.7 Å². The molecule has 0 radical (unpaired) electrons. The standard InChI is InChI=1S/C26H31NO5/c1-6-13-32-22-12-11-19-9-7-8-10-20(19)21(22)17-27(2)25(28)16-18-14-23(29-3)26(31-5)24(15-18)30-4/h7-12,14-15H,6,13,16-17H2,1-5H3. The van der Waals surface area contributed by atoms with Gasteiger partial charge in [0.25, 0.3) is 0 Å². The van der Waals surface area contributed by atoms with E-state index < -0.39 is 0 Å². The van der Waals surface area contributed by atoms with Crippen LogP contribution in [0.5, 0.6) is 23.0 Å². The number of carbonyl (C=O) groups excluding carboxylic acids is 1. The topological polar surface area (TPSA) is 57.2 Å². The fraction of sp³-hybridized carbons (Fsp3) is 0.346. The highest BCUT2D eigenvalue weighted by Gasteiger charge is 2.18. The predicted molar refractivity (Wildman–Crippen MR) is 126 cm³/mol. The number of nitrogens with zero attached hydrogens (tertiary/aromatic N) is 1. The number of methoxy groups -OCH3 is 3. The number of likely N-dealkylation sites (N-methyl/N-ethyl adjacent to an activating group) is 1. The van der Waals surface area contributed by atoms with Crippen LogP contribution in [0, 0.1) is 0 Å². The molecule has 32 heavy (non-hydrogen) atoms. The molecular formula is C26H31NO5. The van der Waals surface area contributed by atoms with E-state index in [2.05, 4.69) is 25.1 Å². The highest BCUT2D eigenvalue weighted by molar-refractivity contribution is 5.88. The third-order valence-electron chi connectivity index (χ3n) is 5.36. The third kappa shape index (κ3) is 5.07. The molecule has 3 aromatic rings. The summed E-state index contributed by atoms with van der Waals surface area (Å²) < 4.78 is 22.2. The second kappa shape index (κ2) is 10.8. The maximum absolute atomic E-state index is 13.1. The first-order valence-corrected chi connectivity index (χ1v) is 10.7. The smallest absolute Gasteiger partial charge is 0.227 e. The van der Waals surface area contributed by atoms with Gasteiger partial charge in [-0.05, 0) is 41.0 Å². The Morgan fingerprint density at radius 3 is 2.22 bits per heavy atom. The van der Waals surface area contributed by atoms with E-state index in [0.717, 1.165) is 34.1 Å². The van der Waals surface area contributed by atoms with Gasteiger partial charge >= 0.3 is 0 Å². The minimum atomic E-state index is -0.0198. The van der Waals surface area contributed by atoms with Crippen LogP contribution in [-0.4, -0.2) is 45.8 Å². The SMILES string of the molecule is CCCOc1ccc2ccccc2c1CN(C)C(=O)Cc1cc(OC)c(OC)c(OC)c1. The fourth-order valence-corrected chi connectivity index (χ4v) is 3.70. The summed E-state index contributed by atoms with van der Waals surface area (Å²) in [4.78, 5) is 14.8. The van der Waals surface area contributed by atoms with E-state index in [1.807, 2.05) is 25.2 Å². The summed E-state index contributed by atoms with van der Waals surface area (Å²) in [5.41, 5.74) is 1.80. The van der Waals surface area contributed by atoms with Crippen LogP contribution in [0.4, 0.5) is 0 Å². The van der Waals surface area contributed by atoms with Crippen molar-refractivity contribution in [2.75, 3.05) is 35.0 Å². The number of fused-ring (bicyclic) bond motifs is 1. The zero-order chi connectivity index (χ0) is 23.1. The monoisotopic (exact) mass is 437 g/mol. The Hall–Kier alpha value is -3.41. The molecule has 3 aromatic carbocycles. The number of rotatable bonds is 10. The van der Waals surface area contributed by atoms with E-state index in [0.29, 0.717) is 30.4 Å². The second-order valence-corrected chi connectivity index (χ2v) is 7.57. The van der Waals surface area contributed by atoms with Gasteiger partial charge in [-0.15, -0.1) is 0 Å². The van der Waals surface area contributed by atoms with Crippen molar-refractivity contribution in [3.05, 3.63) is 59.7 Å². The van der Waals surface area contributed by atoms with Gasteiger partial charge in [0.05, 0.1) is 34.4 Å². The first-order chi connectivity index (χ1) is 15.5. The van der Waals surface area contributed by atoms with Crippen LogP contribution in [-0.2, 0) is 17.8 Å². The first kappa shape index (κ1) is 23.3. The number of hydrogen-bond acceptors (Lipinski definition) is 5. The molecule has 0 atom stereocenters. The zero-order valence-corrected chi connectivity index (χ0v) is 19.4. The Morgan fingerprint density at radius 1 is 0.906 bits per heavy atom. The third-order valence-corrected chi connectivity index (χ3v) is 5.36. The van der Waals surface area contributed by atoms with Crippen molar-refractivity contribution in [1.82, 2.24) is 4.90 Å². The van der Waals surface area contributed by atoms with Gasteiger partial charge in [-0.2, -0.15) is 0 Å². The highest BCUT2D eigenvalue weighted by Crippen LogP contribution is 2.38. The van der Waals surface area contributed by atoms with Gasteiger partial charge in [-0.25, -0.2) is 0 Å². The normalized spacial score (nSPS) is 10.7. The molecule has 0 fully saturated rings. The molecule has 0 bridgehead atoms. The maximum Gasteiger partial charge on any atom is 0.227 e. The molecule has 6 heteroatoms. The van der Waals surface area contributed by atoms with Crippen LogP contribution in [0.1, 0.15) is 24.5 Å². The molecule has 0 spiro atoms. The summed E-state index contributed by atoms with van der Waals surface area (Å²) in [5.74, 6) is 2.36. The predicted octanol–water partition coefficient (Wildman–Crippen LogP) is 4.86. The lowest BCUT2D eigenvalue weighted by Gasteiger charge is -2.21. The second-order valence-electron chi connectivity index (χ2n) is 7.57. The molecule has 0 aromatic heterocycles. The Kier molecular flexibility index (Phi) is 7.82. The Balaban J connectivity index is 1.85. The highest BCUT2D eigenvalue weighted by atomic mass is 16.5. The summed E-state index contributed by atoms with van der Waals surface area (Å²) in [6, 6.07) is 15.8. The van der Waals surface area contributed by atoms with Gasteiger partial charge in [0.2, 0.25) is 11.7 Å². The molecule has 0 unspecified atom stereocenters. The van der Waals surface area contributed by atoms with Gasteiger partial charge < -0.3 is 23.8 Å². The Labute approximate surface area is 189 Å². The molecule has 0 aliphatic rings. The van der Waals surface area contributed by atoms with Crippen LogP contribution in [0.25, 0.3) is 10.8 Å². The van der Waals surface area contributed by atoms with Crippen molar-refractivity contribution in [1.29, 1.82) is 0 Å². The largest absolute Gasteiger partial charge is 0.493 e. The summed E-state index contributed by atoms with van der Waals surface area (Å²) in [7, 11) is 6.49. The van der Waals surface area contributed by atoms with Gasteiger partial charge in [-0.3, -0.25) is 4.79 Å². The molecule has 6 nitrogen and oxygen atoms in total. The minimum absolute atomic E-state index is 0.0198. The zero-order valence-electron chi connectivity index (χ0n) is 19.4. The van der Waals surface area contributed by atoms with Crippen LogP contribution in [0.15, 0.2) is 48.5 Å². The maximum atomic E-state index is 13.1. The molecule has 0 aliphatic heterocycles. The summed E-state index contributed by atoms with van der Waals surface area (Å²) in [6.45, 7) is 3.16. The molecular weight excluding hydrogens is 406 g/mol. The van der Waals surface area contributed by atoms with E-state index in [4.69, 9.17) is 18.9 Å². The van der Waals surface area contributed by atoms with Gasteiger partial charge in [-0.1, -0.05) is 37.3 Å². The molecule has 0 N–H and O–H groups in total. The van der Waals surface area contributed by atoms with E-state index in [1.54, 1.807) is 38.4 Å². The molecule has 0 aliphatic carbocycles. The van der Waals surface area contributed by atoms with Gasteiger partial charge in [0.1, 0.15) is 5.75 Å².